The molecule has 0 saturated carbocycles. The molecule has 0 aliphatic carbocycles. The molecule has 1 rings (SSSR count). The van der Waals surface area contributed by atoms with Gasteiger partial charge in [-0.25, -0.2) is 4.39 Å². The SMILES string of the molecule is CCCC(CBr)COc1cc(F)ccc1[N+](=O)[O-]. The monoisotopic (exact) mass is 319 g/mol. The van der Waals surface area contributed by atoms with Crippen LogP contribution in [-0.2, 0) is 0 Å². The maximum absolute atomic E-state index is 13.1. The quantitative estimate of drug-likeness (QED) is 0.435. The fraction of sp³-hybridized carbons (Fsp3) is 0.500. The van der Waals surface area contributed by atoms with Crippen LogP contribution in [0.1, 0.15) is 19.8 Å². The zero-order valence-corrected chi connectivity index (χ0v) is 11.7. The Kier molecular flexibility index (Phi) is 6.04. The fourth-order valence-electron chi connectivity index (χ4n) is 1.58. The maximum Gasteiger partial charge on any atom is 0.311 e. The van der Waals surface area contributed by atoms with Crippen LogP contribution in [0.2, 0.25) is 0 Å². The predicted octanol–water partition coefficient (Wildman–Crippen LogP) is 3.92. The minimum absolute atomic E-state index is 0.0120. The molecule has 4 nitrogen and oxygen atoms in total. The number of alkyl halides is 1. The lowest BCUT2D eigenvalue weighted by Crippen LogP contribution is -2.14. The molecule has 0 aliphatic rings. The first-order valence-corrected chi connectivity index (χ1v) is 6.83. The van der Waals surface area contributed by atoms with Crippen molar-refractivity contribution in [2.24, 2.45) is 5.92 Å². The van der Waals surface area contributed by atoms with Crippen molar-refractivity contribution in [2.45, 2.75) is 19.8 Å². The molecule has 18 heavy (non-hydrogen) atoms. The highest BCUT2D eigenvalue weighted by Gasteiger charge is 2.17. The molecule has 0 saturated heterocycles. The number of nitro groups is 1. The molecule has 0 fully saturated rings. The van der Waals surface area contributed by atoms with Gasteiger partial charge < -0.3 is 4.74 Å². The standard InChI is InChI=1S/C12H15BrFNO3/c1-2-3-9(7-13)8-18-12-6-10(14)4-5-11(12)15(16)17/h4-6,9H,2-3,7-8H2,1H3. The van der Waals surface area contributed by atoms with Crippen LogP contribution in [0.15, 0.2) is 18.2 Å². The van der Waals surface area contributed by atoms with Crippen molar-refractivity contribution in [3.63, 3.8) is 0 Å². The molecule has 0 radical (unpaired) electrons. The van der Waals surface area contributed by atoms with Crippen molar-refractivity contribution in [3.8, 4) is 5.75 Å². The van der Waals surface area contributed by atoms with E-state index in [4.69, 9.17) is 4.74 Å². The lowest BCUT2D eigenvalue weighted by molar-refractivity contribution is -0.386. The number of nitro benzene ring substituents is 1. The Morgan fingerprint density at radius 3 is 2.83 bits per heavy atom. The summed E-state index contributed by atoms with van der Waals surface area (Å²) in [7, 11) is 0. The second-order valence-corrected chi connectivity index (χ2v) is 4.64. The topological polar surface area (TPSA) is 52.4 Å². The van der Waals surface area contributed by atoms with Gasteiger partial charge in [0.15, 0.2) is 5.75 Å². The summed E-state index contributed by atoms with van der Waals surface area (Å²) in [6.07, 6.45) is 1.96. The molecule has 100 valence electrons. The summed E-state index contributed by atoms with van der Waals surface area (Å²) in [6.45, 7) is 2.39. The molecule has 0 N–H and O–H groups in total. The van der Waals surface area contributed by atoms with Gasteiger partial charge in [0.1, 0.15) is 5.82 Å². The average Bonchev–Trinajstić information content (AvgIpc) is 2.34. The predicted molar refractivity (Wildman–Crippen MR) is 70.7 cm³/mol. The van der Waals surface area contributed by atoms with Crippen LogP contribution in [0.25, 0.3) is 0 Å². The second kappa shape index (κ2) is 7.31. The number of hydrogen-bond acceptors (Lipinski definition) is 3. The van der Waals surface area contributed by atoms with Crippen LogP contribution in [0.5, 0.6) is 5.75 Å². The highest BCUT2D eigenvalue weighted by Crippen LogP contribution is 2.28. The van der Waals surface area contributed by atoms with E-state index in [9.17, 15) is 14.5 Å². The van der Waals surface area contributed by atoms with Gasteiger partial charge >= 0.3 is 5.69 Å². The van der Waals surface area contributed by atoms with Crippen molar-refractivity contribution >= 4 is 21.6 Å². The summed E-state index contributed by atoms with van der Waals surface area (Å²) in [6, 6.07) is 3.22. The van der Waals surface area contributed by atoms with Crippen LogP contribution in [0.4, 0.5) is 10.1 Å². The summed E-state index contributed by atoms with van der Waals surface area (Å²) in [5, 5.41) is 11.5. The number of rotatable bonds is 7. The maximum atomic E-state index is 13.1. The molecule has 0 amide bonds. The molecule has 1 aromatic rings. The van der Waals surface area contributed by atoms with Crippen molar-refractivity contribution in [1.82, 2.24) is 0 Å². The highest BCUT2D eigenvalue weighted by atomic mass is 79.9. The zero-order chi connectivity index (χ0) is 13.5. The molecule has 1 unspecified atom stereocenters. The highest BCUT2D eigenvalue weighted by molar-refractivity contribution is 9.09. The van der Waals surface area contributed by atoms with Gasteiger partial charge in [0.25, 0.3) is 0 Å². The van der Waals surface area contributed by atoms with E-state index in [1.165, 1.54) is 0 Å². The largest absolute Gasteiger partial charge is 0.486 e. The van der Waals surface area contributed by atoms with E-state index in [1.54, 1.807) is 0 Å². The molecule has 0 spiro atoms. The Morgan fingerprint density at radius 1 is 1.56 bits per heavy atom. The van der Waals surface area contributed by atoms with Gasteiger partial charge in [-0.2, -0.15) is 0 Å². The smallest absolute Gasteiger partial charge is 0.311 e. The molecule has 0 bridgehead atoms. The van der Waals surface area contributed by atoms with Gasteiger partial charge in [-0.1, -0.05) is 29.3 Å². The van der Waals surface area contributed by atoms with E-state index in [2.05, 4.69) is 22.9 Å². The first kappa shape index (κ1) is 14.9. The Hall–Kier alpha value is -1.17. The lowest BCUT2D eigenvalue weighted by atomic mass is 10.1. The van der Waals surface area contributed by atoms with E-state index in [1.807, 2.05) is 0 Å². The van der Waals surface area contributed by atoms with Crippen molar-refractivity contribution in [3.05, 3.63) is 34.1 Å². The molecule has 0 aromatic heterocycles. The number of benzene rings is 1. The van der Waals surface area contributed by atoms with E-state index >= 15 is 0 Å². The Morgan fingerprint density at radius 2 is 2.28 bits per heavy atom. The summed E-state index contributed by atoms with van der Waals surface area (Å²) in [5.41, 5.74) is -0.207. The Labute approximate surface area is 113 Å². The summed E-state index contributed by atoms with van der Waals surface area (Å²) < 4.78 is 18.4. The average molecular weight is 320 g/mol. The van der Waals surface area contributed by atoms with E-state index in [0.717, 1.165) is 36.4 Å². The second-order valence-electron chi connectivity index (χ2n) is 3.99. The summed E-state index contributed by atoms with van der Waals surface area (Å²) >= 11 is 3.36. The van der Waals surface area contributed by atoms with Gasteiger partial charge in [-0.15, -0.1) is 0 Å². The van der Waals surface area contributed by atoms with Crippen molar-refractivity contribution in [2.75, 3.05) is 11.9 Å². The van der Waals surface area contributed by atoms with Gasteiger partial charge in [-0.05, 0) is 12.5 Å². The Balaban J connectivity index is 2.76. The minimum atomic E-state index is -0.572. The molecule has 0 aliphatic heterocycles. The van der Waals surface area contributed by atoms with Crippen LogP contribution in [-0.4, -0.2) is 16.9 Å². The lowest BCUT2D eigenvalue weighted by Gasteiger charge is -2.14. The van der Waals surface area contributed by atoms with E-state index in [0.29, 0.717) is 6.61 Å². The normalized spacial score (nSPS) is 12.2. The third-order valence-electron chi connectivity index (χ3n) is 2.51. The Bertz CT molecular complexity index is 414. The van der Waals surface area contributed by atoms with Crippen LogP contribution in [0.3, 0.4) is 0 Å². The first-order valence-electron chi connectivity index (χ1n) is 5.71. The summed E-state index contributed by atoms with van der Waals surface area (Å²) in [5.74, 6) is -0.290. The summed E-state index contributed by atoms with van der Waals surface area (Å²) in [4.78, 5) is 10.2. The van der Waals surface area contributed by atoms with E-state index < -0.39 is 10.7 Å². The molecule has 0 heterocycles. The molecular formula is C12H15BrFNO3. The van der Waals surface area contributed by atoms with Gasteiger partial charge in [0, 0.05) is 23.4 Å². The third kappa shape index (κ3) is 4.25. The number of halogens is 2. The number of ether oxygens (including phenoxy) is 1. The molecule has 1 atom stereocenters. The number of hydrogen-bond donors (Lipinski definition) is 0. The van der Waals surface area contributed by atoms with Gasteiger partial charge in [0.2, 0.25) is 0 Å². The number of nitrogens with zero attached hydrogens (tertiary/aromatic N) is 1. The molecule has 1 aromatic carbocycles. The van der Waals surface area contributed by atoms with Gasteiger partial charge in [-0.3, -0.25) is 10.1 Å². The fourth-order valence-corrected chi connectivity index (χ4v) is 2.09. The van der Waals surface area contributed by atoms with Crippen molar-refractivity contribution < 1.29 is 14.1 Å². The third-order valence-corrected chi connectivity index (χ3v) is 3.42. The van der Waals surface area contributed by atoms with Crippen molar-refractivity contribution in [1.29, 1.82) is 0 Å². The van der Waals surface area contributed by atoms with E-state index in [-0.39, 0.29) is 17.4 Å². The zero-order valence-electron chi connectivity index (χ0n) is 10.1. The van der Waals surface area contributed by atoms with Crippen LogP contribution in [0, 0.1) is 21.8 Å². The van der Waals surface area contributed by atoms with Crippen LogP contribution < -0.4 is 4.74 Å². The first-order chi connectivity index (χ1) is 8.58. The minimum Gasteiger partial charge on any atom is -0.486 e. The molecular weight excluding hydrogens is 305 g/mol. The molecule has 6 heteroatoms. The van der Waals surface area contributed by atoms with Gasteiger partial charge in [0.05, 0.1) is 11.5 Å². The van der Waals surface area contributed by atoms with Crippen LogP contribution >= 0.6 is 15.9 Å².